The van der Waals surface area contributed by atoms with E-state index in [4.69, 9.17) is 37.0 Å². The van der Waals surface area contributed by atoms with Crippen molar-refractivity contribution in [2.75, 3.05) is 39.6 Å². The average molecular weight is 1420 g/mol. The highest BCUT2D eigenvalue weighted by atomic mass is 31.2. The highest BCUT2D eigenvalue weighted by molar-refractivity contribution is 7.47. The molecule has 0 radical (unpaired) electrons. The number of ether oxygens (including phenoxy) is 4. The normalized spacial score (nSPS) is 14.0. The predicted molar refractivity (Wildman–Crippen MR) is 395 cm³/mol. The van der Waals surface area contributed by atoms with E-state index in [2.05, 4.69) is 41.5 Å². The lowest BCUT2D eigenvalue weighted by molar-refractivity contribution is -0.161. The van der Waals surface area contributed by atoms with E-state index in [0.717, 1.165) is 102 Å². The van der Waals surface area contributed by atoms with Gasteiger partial charge in [-0.2, -0.15) is 0 Å². The Morgan fingerprint density at radius 3 is 0.701 bits per heavy atom. The first-order chi connectivity index (χ1) is 46.9. The molecule has 17 nitrogen and oxygen atoms in total. The van der Waals surface area contributed by atoms with Gasteiger partial charge in [0.25, 0.3) is 0 Å². The molecule has 19 heteroatoms. The summed E-state index contributed by atoms with van der Waals surface area (Å²) in [6.07, 6.45) is 58.1. The van der Waals surface area contributed by atoms with E-state index in [-0.39, 0.29) is 25.7 Å². The highest BCUT2D eigenvalue weighted by Gasteiger charge is 2.30. The van der Waals surface area contributed by atoms with E-state index in [1.807, 2.05) is 0 Å². The number of aliphatic hydroxyl groups is 1. The molecule has 0 aromatic carbocycles. The Kier molecular flexibility index (Phi) is 68.4. The van der Waals surface area contributed by atoms with Gasteiger partial charge in [-0.05, 0) is 37.5 Å². The van der Waals surface area contributed by atoms with Gasteiger partial charge < -0.3 is 33.8 Å². The zero-order chi connectivity index (χ0) is 71.4. The van der Waals surface area contributed by atoms with Gasteiger partial charge in [0.15, 0.2) is 12.2 Å². The molecule has 0 amide bonds. The van der Waals surface area contributed by atoms with Crippen molar-refractivity contribution in [2.24, 2.45) is 11.8 Å². The number of aliphatic hydroxyl groups excluding tert-OH is 1. The summed E-state index contributed by atoms with van der Waals surface area (Å²) in [5, 5.41) is 10.6. The summed E-state index contributed by atoms with van der Waals surface area (Å²) in [6.45, 7) is 9.62. The zero-order valence-corrected chi connectivity index (χ0v) is 65.2. The number of phosphoric acid groups is 2. The van der Waals surface area contributed by atoms with Crippen LogP contribution in [0.3, 0.4) is 0 Å². The molecule has 5 atom stereocenters. The molecular formula is C78H152O17P2. The first kappa shape index (κ1) is 95.1. The van der Waals surface area contributed by atoms with Crippen LogP contribution in [0.2, 0.25) is 0 Å². The van der Waals surface area contributed by atoms with Gasteiger partial charge in [0.05, 0.1) is 26.4 Å². The van der Waals surface area contributed by atoms with Crippen LogP contribution in [0.1, 0.15) is 408 Å². The quantitative estimate of drug-likeness (QED) is 0.0222. The van der Waals surface area contributed by atoms with Gasteiger partial charge in [-0.1, -0.05) is 356 Å². The molecule has 0 rings (SSSR count). The number of rotatable bonds is 77. The second-order valence-corrected chi connectivity index (χ2v) is 32.0. The fourth-order valence-electron chi connectivity index (χ4n) is 12.0. The summed E-state index contributed by atoms with van der Waals surface area (Å²) in [5.41, 5.74) is 0. The summed E-state index contributed by atoms with van der Waals surface area (Å²) in [6, 6.07) is 0. The SMILES string of the molecule is CCCCCCCCCCCCCCCCCCCC(=O)O[C@H](COC(=O)CCCCCCCCCCCCCC(C)C)COP(=O)(O)OC[C@@H](O)COP(=O)(O)OC[C@@H](COC(=O)CCCCCCCCCCCCCC)OC(=O)CCCCCCCCCCCCCC(C)C. The number of carbonyl (C=O) groups is 4. The van der Waals surface area contributed by atoms with Crippen LogP contribution in [-0.2, 0) is 65.4 Å². The Morgan fingerprint density at radius 2 is 0.474 bits per heavy atom. The van der Waals surface area contributed by atoms with Crippen molar-refractivity contribution < 1.29 is 80.2 Å². The van der Waals surface area contributed by atoms with Crippen LogP contribution < -0.4 is 0 Å². The van der Waals surface area contributed by atoms with Crippen LogP contribution >= 0.6 is 15.6 Å². The summed E-state index contributed by atoms with van der Waals surface area (Å²) in [5.74, 6) is -0.574. The van der Waals surface area contributed by atoms with E-state index in [9.17, 15) is 43.2 Å². The zero-order valence-electron chi connectivity index (χ0n) is 63.4. The third kappa shape index (κ3) is 72.2. The molecule has 0 saturated carbocycles. The Morgan fingerprint density at radius 1 is 0.278 bits per heavy atom. The van der Waals surface area contributed by atoms with Crippen molar-refractivity contribution in [3.63, 3.8) is 0 Å². The summed E-state index contributed by atoms with van der Waals surface area (Å²) < 4.78 is 68.6. The van der Waals surface area contributed by atoms with Gasteiger partial charge in [-0.15, -0.1) is 0 Å². The third-order valence-corrected chi connectivity index (χ3v) is 20.1. The topological polar surface area (TPSA) is 237 Å². The van der Waals surface area contributed by atoms with E-state index in [1.165, 1.54) is 225 Å². The largest absolute Gasteiger partial charge is 0.472 e. The fraction of sp³-hybridized carbons (Fsp3) is 0.949. The van der Waals surface area contributed by atoms with E-state index < -0.39 is 97.5 Å². The van der Waals surface area contributed by atoms with Gasteiger partial charge in [0.1, 0.15) is 19.3 Å². The molecule has 0 aliphatic carbocycles. The Labute approximate surface area is 594 Å². The number of phosphoric ester groups is 2. The standard InChI is InChI=1S/C78H152O17P2/c1-7-9-11-13-15-17-19-21-22-23-24-25-31-38-44-50-56-62-77(82)94-73(67-89-76(81)61-55-49-43-37-32-26-28-34-40-46-52-58-70(3)4)68-92-96(84,85)90-64-72(79)65-91-97(86,87)93-69-74(66-88-75(80)60-54-48-42-36-30-20-18-16-14-12-10-8-2)95-78(83)63-57-51-45-39-33-27-29-35-41-47-53-59-71(5)6/h70-74,79H,7-69H2,1-6H3,(H,84,85)(H,86,87)/t72-,73-,74-/m1/s1. The molecule has 0 saturated heterocycles. The Hall–Kier alpha value is -1.94. The molecular weight excluding hydrogens is 1270 g/mol. The minimum absolute atomic E-state index is 0.107. The van der Waals surface area contributed by atoms with Crippen LogP contribution in [0.5, 0.6) is 0 Å². The predicted octanol–water partition coefficient (Wildman–Crippen LogP) is 23.1. The Balaban J connectivity index is 5.26. The highest BCUT2D eigenvalue weighted by Crippen LogP contribution is 2.45. The lowest BCUT2D eigenvalue weighted by Gasteiger charge is -2.21. The second kappa shape index (κ2) is 69.8. The van der Waals surface area contributed by atoms with Crippen molar-refractivity contribution in [1.82, 2.24) is 0 Å². The first-order valence-corrected chi connectivity index (χ1v) is 43.5. The van der Waals surface area contributed by atoms with Crippen molar-refractivity contribution >= 4 is 39.5 Å². The molecule has 0 heterocycles. The molecule has 2 unspecified atom stereocenters. The lowest BCUT2D eigenvalue weighted by Crippen LogP contribution is -2.30. The minimum atomic E-state index is -4.96. The molecule has 0 aliphatic heterocycles. The molecule has 0 bridgehead atoms. The fourth-order valence-corrected chi connectivity index (χ4v) is 13.6. The van der Waals surface area contributed by atoms with E-state index in [1.54, 1.807) is 0 Å². The van der Waals surface area contributed by atoms with Crippen LogP contribution in [-0.4, -0.2) is 96.7 Å². The molecule has 0 aromatic rings. The van der Waals surface area contributed by atoms with Gasteiger partial charge >= 0.3 is 39.5 Å². The maximum Gasteiger partial charge on any atom is 0.472 e. The number of unbranched alkanes of at least 4 members (excludes halogenated alkanes) is 47. The summed E-state index contributed by atoms with van der Waals surface area (Å²) >= 11 is 0. The van der Waals surface area contributed by atoms with E-state index in [0.29, 0.717) is 25.7 Å². The van der Waals surface area contributed by atoms with Gasteiger partial charge in [0.2, 0.25) is 0 Å². The maximum atomic E-state index is 13.1. The van der Waals surface area contributed by atoms with E-state index >= 15 is 0 Å². The molecule has 576 valence electrons. The smallest absolute Gasteiger partial charge is 0.462 e. The Bertz CT molecular complexity index is 1870. The lowest BCUT2D eigenvalue weighted by atomic mass is 10.0. The van der Waals surface area contributed by atoms with Crippen LogP contribution in [0.15, 0.2) is 0 Å². The van der Waals surface area contributed by atoms with Crippen molar-refractivity contribution in [3.05, 3.63) is 0 Å². The molecule has 0 aromatic heterocycles. The van der Waals surface area contributed by atoms with Crippen molar-refractivity contribution in [1.29, 1.82) is 0 Å². The average Bonchev–Trinajstić information content (AvgIpc) is 1.02. The summed E-state index contributed by atoms with van der Waals surface area (Å²) in [7, 11) is -9.92. The summed E-state index contributed by atoms with van der Waals surface area (Å²) in [4.78, 5) is 72.9. The molecule has 0 aliphatic rings. The van der Waals surface area contributed by atoms with Gasteiger partial charge in [-0.25, -0.2) is 9.13 Å². The number of carbonyl (C=O) groups excluding carboxylic acids is 4. The monoisotopic (exact) mass is 1420 g/mol. The van der Waals surface area contributed by atoms with Crippen LogP contribution in [0.4, 0.5) is 0 Å². The van der Waals surface area contributed by atoms with Crippen LogP contribution in [0.25, 0.3) is 0 Å². The van der Waals surface area contributed by atoms with Gasteiger partial charge in [0, 0.05) is 25.7 Å². The number of hydrogen-bond acceptors (Lipinski definition) is 15. The minimum Gasteiger partial charge on any atom is -0.462 e. The first-order valence-electron chi connectivity index (χ1n) is 40.5. The third-order valence-electron chi connectivity index (χ3n) is 18.2. The van der Waals surface area contributed by atoms with Crippen molar-refractivity contribution in [2.45, 2.75) is 426 Å². The molecule has 97 heavy (non-hydrogen) atoms. The number of esters is 4. The van der Waals surface area contributed by atoms with Crippen LogP contribution in [0, 0.1) is 11.8 Å². The molecule has 0 fully saturated rings. The molecule has 0 spiro atoms. The molecule has 3 N–H and O–H groups in total. The van der Waals surface area contributed by atoms with Gasteiger partial charge in [-0.3, -0.25) is 37.3 Å². The number of hydrogen-bond donors (Lipinski definition) is 3. The second-order valence-electron chi connectivity index (χ2n) is 29.1. The van der Waals surface area contributed by atoms with Crippen molar-refractivity contribution in [3.8, 4) is 0 Å². The maximum absolute atomic E-state index is 13.1.